The molecule has 2 aromatic heterocycles. The Morgan fingerprint density at radius 1 is 1.04 bits per heavy atom. The zero-order chi connectivity index (χ0) is 18.6. The quantitative estimate of drug-likeness (QED) is 0.393. The Hall–Kier alpha value is -2.15. The molecule has 2 aromatic carbocycles. The van der Waals surface area contributed by atoms with E-state index >= 15 is 0 Å². The molecular formula is C20H17ClN4S2. The number of rotatable bonds is 6. The van der Waals surface area contributed by atoms with Gasteiger partial charge < -0.3 is 4.57 Å². The minimum absolute atomic E-state index is 0.736. The van der Waals surface area contributed by atoms with Crippen molar-refractivity contribution in [1.29, 1.82) is 0 Å². The molecule has 0 saturated carbocycles. The number of hydrogen-bond acceptors (Lipinski definition) is 5. The van der Waals surface area contributed by atoms with E-state index in [2.05, 4.69) is 32.3 Å². The molecule has 0 N–H and O–H groups in total. The lowest BCUT2D eigenvalue weighted by molar-refractivity contribution is 0.748. The maximum Gasteiger partial charge on any atom is 0.191 e. The van der Waals surface area contributed by atoms with E-state index in [0.29, 0.717) is 0 Å². The molecule has 0 amide bonds. The average molecular weight is 413 g/mol. The second-order valence-electron chi connectivity index (χ2n) is 6.06. The summed E-state index contributed by atoms with van der Waals surface area (Å²) >= 11 is 9.25. The number of halogens is 1. The predicted molar refractivity (Wildman–Crippen MR) is 112 cm³/mol. The minimum Gasteiger partial charge on any atom is -0.309 e. The van der Waals surface area contributed by atoms with Gasteiger partial charge >= 0.3 is 0 Å². The first-order valence-electron chi connectivity index (χ1n) is 8.44. The fraction of sp³-hybridized carbons (Fsp3) is 0.150. The molecule has 0 spiro atoms. The third-order valence-corrected chi connectivity index (χ3v) is 6.37. The van der Waals surface area contributed by atoms with Crippen LogP contribution in [0.5, 0.6) is 0 Å². The van der Waals surface area contributed by atoms with Gasteiger partial charge in [0.15, 0.2) is 5.16 Å². The van der Waals surface area contributed by atoms with Gasteiger partial charge in [0.1, 0.15) is 10.8 Å². The highest BCUT2D eigenvalue weighted by Crippen LogP contribution is 2.28. The molecule has 136 valence electrons. The van der Waals surface area contributed by atoms with Crippen LogP contribution >= 0.6 is 34.7 Å². The van der Waals surface area contributed by atoms with E-state index in [1.54, 1.807) is 23.1 Å². The molecule has 7 heteroatoms. The number of benzene rings is 2. The van der Waals surface area contributed by atoms with E-state index in [1.807, 2.05) is 49.5 Å². The van der Waals surface area contributed by atoms with Gasteiger partial charge in [-0.1, -0.05) is 65.8 Å². The summed E-state index contributed by atoms with van der Waals surface area (Å²) in [5.74, 6) is 1.73. The molecule has 0 unspecified atom stereocenters. The predicted octanol–water partition coefficient (Wildman–Crippen LogP) is 5.48. The molecule has 0 fully saturated rings. The standard InChI is InChI=1S/C20H17ClN4S2/c1-25-18(11-14-5-3-2-4-6-14)23-24-20(25)27-13-17-12-26-19(22-17)15-7-9-16(21)10-8-15/h2-10,12H,11,13H2,1H3. The minimum atomic E-state index is 0.736. The monoisotopic (exact) mass is 412 g/mol. The SMILES string of the molecule is Cn1c(Cc2ccccc2)nnc1SCc1csc(-c2ccc(Cl)cc2)n1. The Balaban J connectivity index is 1.41. The third kappa shape index (κ3) is 4.40. The topological polar surface area (TPSA) is 43.6 Å². The molecule has 0 atom stereocenters. The van der Waals surface area contributed by atoms with Gasteiger partial charge in [-0.25, -0.2) is 4.98 Å². The highest BCUT2D eigenvalue weighted by molar-refractivity contribution is 7.98. The summed E-state index contributed by atoms with van der Waals surface area (Å²) in [4.78, 5) is 4.73. The van der Waals surface area contributed by atoms with Gasteiger partial charge in [0.25, 0.3) is 0 Å². The Morgan fingerprint density at radius 3 is 2.59 bits per heavy atom. The lowest BCUT2D eigenvalue weighted by Crippen LogP contribution is -2.00. The van der Waals surface area contributed by atoms with E-state index < -0.39 is 0 Å². The van der Waals surface area contributed by atoms with Crippen LogP contribution in [0, 0.1) is 0 Å². The summed E-state index contributed by atoms with van der Waals surface area (Å²) in [7, 11) is 2.01. The first-order valence-corrected chi connectivity index (χ1v) is 10.7. The van der Waals surface area contributed by atoms with Crippen LogP contribution in [0.25, 0.3) is 10.6 Å². The van der Waals surface area contributed by atoms with Crippen LogP contribution in [0.1, 0.15) is 17.1 Å². The molecule has 4 aromatic rings. The van der Waals surface area contributed by atoms with Crippen molar-refractivity contribution in [3.8, 4) is 10.6 Å². The van der Waals surface area contributed by atoms with Crippen LogP contribution in [-0.2, 0) is 19.2 Å². The van der Waals surface area contributed by atoms with Crippen LogP contribution in [0.4, 0.5) is 0 Å². The lowest BCUT2D eigenvalue weighted by Gasteiger charge is -2.03. The first kappa shape index (κ1) is 18.2. The van der Waals surface area contributed by atoms with Gasteiger partial charge in [0, 0.05) is 35.2 Å². The molecule has 0 radical (unpaired) electrons. The van der Waals surface area contributed by atoms with Gasteiger partial charge in [-0.15, -0.1) is 21.5 Å². The van der Waals surface area contributed by atoms with Crippen molar-refractivity contribution < 1.29 is 0 Å². The number of nitrogens with zero attached hydrogens (tertiary/aromatic N) is 4. The van der Waals surface area contributed by atoms with Crippen LogP contribution in [0.15, 0.2) is 65.1 Å². The van der Waals surface area contributed by atoms with Crippen molar-refractivity contribution in [2.75, 3.05) is 0 Å². The van der Waals surface area contributed by atoms with E-state index in [9.17, 15) is 0 Å². The van der Waals surface area contributed by atoms with Crippen LogP contribution in [0.3, 0.4) is 0 Å². The highest BCUT2D eigenvalue weighted by Gasteiger charge is 2.11. The Bertz CT molecular complexity index is 1030. The molecule has 4 nitrogen and oxygen atoms in total. The van der Waals surface area contributed by atoms with E-state index in [0.717, 1.165) is 44.4 Å². The molecule has 0 bridgehead atoms. The smallest absolute Gasteiger partial charge is 0.191 e. The van der Waals surface area contributed by atoms with Gasteiger partial charge in [-0.05, 0) is 17.7 Å². The summed E-state index contributed by atoms with van der Waals surface area (Å²) in [5, 5.41) is 13.4. The molecular weight excluding hydrogens is 396 g/mol. The lowest BCUT2D eigenvalue weighted by atomic mass is 10.1. The number of thioether (sulfide) groups is 1. The Labute approximate surface area is 171 Å². The van der Waals surface area contributed by atoms with Crippen LogP contribution in [-0.4, -0.2) is 19.7 Å². The van der Waals surface area contributed by atoms with Crippen LogP contribution in [0.2, 0.25) is 5.02 Å². The largest absolute Gasteiger partial charge is 0.309 e. The molecule has 27 heavy (non-hydrogen) atoms. The van der Waals surface area contributed by atoms with E-state index in [1.165, 1.54) is 5.56 Å². The molecule has 4 rings (SSSR count). The van der Waals surface area contributed by atoms with Crippen molar-refractivity contribution in [2.24, 2.45) is 7.05 Å². The normalized spacial score (nSPS) is 11.0. The zero-order valence-electron chi connectivity index (χ0n) is 14.7. The summed E-state index contributed by atoms with van der Waals surface area (Å²) < 4.78 is 2.06. The Morgan fingerprint density at radius 2 is 1.81 bits per heavy atom. The van der Waals surface area contributed by atoms with Crippen molar-refractivity contribution in [3.05, 3.63) is 82.1 Å². The van der Waals surface area contributed by atoms with E-state index in [4.69, 9.17) is 16.6 Å². The van der Waals surface area contributed by atoms with Crippen molar-refractivity contribution in [1.82, 2.24) is 19.7 Å². The highest BCUT2D eigenvalue weighted by atomic mass is 35.5. The van der Waals surface area contributed by atoms with Gasteiger partial charge in [0.2, 0.25) is 0 Å². The van der Waals surface area contributed by atoms with E-state index in [-0.39, 0.29) is 0 Å². The maximum atomic E-state index is 5.95. The average Bonchev–Trinajstić information content (AvgIpc) is 3.29. The number of hydrogen-bond donors (Lipinski definition) is 0. The second-order valence-corrected chi connectivity index (χ2v) is 8.30. The summed E-state index contributed by atoms with van der Waals surface area (Å²) in [5.41, 5.74) is 3.36. The van der Waals surface area contributed by atoms with Crippen molar-refractivity contribution >= 4 is 34.7 Å². The fourth-order valence-electron chi connectivity index (χ4n) is 2.64. The van der Waals surface area contributed by atoms with Gasteiger partial charge in [-0.2, -0.15) is 0 Å². The summed E-state index contributed by atoms with van der Waals surface area (Å²) in [6, 6.07) is 18.1. The maximum absolute atomic E-state index is 5.95. The molecule has 0 aliphatic carbocycles. The number of aromatic nitrogens is 4. The van der Waals surface area contributed by atoms with Crippen molar-refractivity contribution in [3.63, 3.8) is 0 Å². The number of thiazole rings is 1. The summed E-state index contributed by atoms with van der Waals surface area (Å²) in [6.45, 7) is 0. The second kappa shape index (κ2) is 8.25. The van der Waals surface area contributed by atoms with Gasteiger partial charge in [0.05, 0.1) is 5.69 Å². The molecule has 0 saturated heterocycles. The third-order valence-electron chi connectivity index (χ3n) is 4.12. The molecule has 0 aliphatic heterocycles. The Kier molecular flexibility index (Phi) is 5.57. The summed E-state index contributed by atoms with van der Waals surface area (Å²) in [6.07, 6.45) is 0.780. The fourth-order valence-corrected chi connectivity index (χ4v) is 4.52. The molecule has 0 aliphatic rings. The van der Waals surface area contributed by atoms with Gasteiger partial charge in [-0.3, -0.25) is 0 Å². The first-order chi connectivity index (χ1) is 13.2. The molecule has 2 heterocycles. The van der Waals surface area contributed by atoms with Crippen LogP contribution < -0.4 is 0 Å². The zero-order valence-corrected chi connectivity index (χ0v) is 17.1. The van der Waals surface area contributed by atoms with Crippen molar-refractivity contribution in [2.45, 2.75) is 17.3 Å².